The van der Waals surface area contributed by atoms with Crippen LogP contribution in [-0.2, 0) is 16.6 Å². The van der Waals surface area contributed by atoms with E-state index in [4.69, 9.17) is 0 Å². The molecule has 0 aliphatic carbocycles. The van der Waals surface area contributed by atoms with E-state index in [9.17, 15) is 8.42 Å². The molecule has 1 N–H and O–H groups in total. The molecule has 0 fully saturated rings. The summed E-state index contributed by atoms with van der Waals surface area (Å²) in [6, 6.07) is 14.7. The minimum atomic E-state index is -3.54. The first-order valence-electron chi connectivity index (χ1n) is 6.27. The Kier molecular flexibility index (Phi) is 4.12. The quantitative estimate of drug-likeness (QED) is 0.737. The van der Waals surface area contributed by atoms with Crippen LogP contribution >= 0.6 is 27.3 Å². The number of rotatable bonds is 4. The molecular formula is C15H12BrNO2S2. The molecule has 0 radical (unpaired) electrons. The van der Waals surface area contributed by atoms with Gasteiger partial charge in [0, 0.05) is 21.3 Å². The molecule has 3 nitrogen and oxygen atoms in total. The van der Waals surface area contributed by atoms with Crippen LogP contribution in [0.3, 0.4) is 0 Å². The van der Waals surface area contributed by atoms with E-state index >= 15 is 0 Å². The smallest absolute Gasteiger partial charge is 0.207 e. The normalized spacial score (nSPS) is 11.9. The largest absolute Gasteiger partial charge is 0.241 e. The van der Waals surface area contributed by atoms with Crippen molar-refractivity contribution < 1.29 is 8.42 Å². The lowest BCUT2D eigenvalue weighted by Gasteiger charge is -2.09. The van der Waals surface area contributed by atoms with Crippen molar-refractivity contribution in [2.45, 2.75) is 11.4 Å². The van der Waals surface area contributed by atoms with E-state index in [1.807, 2.05) is 41.8 Å². The van der Waals surface area contributed by atoms with Gasteiger partial charge < -0.3 is 0 Å². The highest BCUT2D eigenvalue weighted by molar-refractivity contribution is 9.10. The zero-order chi connectivity index (χ0) is 14.9. The third-order valence-electron chi connectivity index (χ3n) is 3.15. The molecule has 3 rings (SSSR count). The van der Waals surface area contributed by atoms with Crippen LogP contribution in [0.1, 0.15) is 4.88 Å². The zero-order valence-electron chi connectivity index (χ0n) is 10.9. The monoisotopic (exact) mass is 381 g/mol. The minimum absolute atomic E-state index is 0.282. The molecule has 0 saturated carbocycles. The van der Waals surface area contributed by atoms with Crippen molar-refractivity contribution in [1.29, 1.82) is 0 Å². The summed E-state index contributed by atoms with van der Waals surface area (Å²) in [6.45, 7) is 0.282. The number of hydrogen-bond acceptors (Lipinski definition) is 3. The van der Waals surface area contributed by atoms with Crippen LogP contribution in [0, 0.1) is 0 Å². The summed E-state index contributed by atoms with van der Waals surface area (Å²) in [6.07, 6.45) is 0. The third kappa shape index (κ3) is 3.03. The molecule has 0 spiro atoms. The Balaban J connectivity index is 1.95. The maximum atomic E-state index is 12.5. The molecule has 1 aromatic heterocycles. The van der Waals surface area contributed by atoms with Crippen LogP contribution in [0.5, 0.6) is 0 Å². The molecule has 0 aliphatic rings. The van der Waals surface area contributed by atoms with Crippen molar-refractivity contribution in [3.8, 4) is 0 Å². The summed E-state index contributed by atoms with van der Waals surface area (Å²) in [5.41, 5.74) is 0. The van der Waals surface area contributed by atoms with E-state index in [0.29, 0.717) is 4.90 Å². The fourth-order valence-corrected chi connectivity index (χ4v) is 4.87. The van der Waals surface area contributed by atoms with Gasteiger partial charge in [-0.3, -0.25) is 0 Å². The number of sulfonamides is 1. The predicted molar refractivity (Wildman–Crippen MR) is 90.0 cm³/mol. The van der Waals surface area contributed by atoms with Gasteiger partial charge in [0.25, 0.3) is 0 Å². The Labute approximate surface area is 135 Å². The molecule has 2 aromatic carbocycles. The Hall–Kier alpha value is -1.21. The van der Waals surface area contributed by atoms with Crippen molar-refractivity contribution in [3.05, 3.63) is 63.3 Å². The molecule has 6 heteroatoms. The highest BCUT2D eigenvalue weighted by atomic mass is 79.9. The topological polar surface area (TPSA) is 46.2 Å². The maximum absolute atomic E-state index is 12.5. The summed E-state index contributed by atoms with van der Waals surface area (Å²) in [4.78, 5) is 1.27. The van der Waals surface area contributed by atoms with Gasteiger partial charge in [-0.1, -0.05) is 36.4 Å². The molecule has 0 bridgehead atoms. The van der Waals surface area contributed by atoms with Crippen LogP contribution < -0.4 is 4.72 Å². The van der Waals surface area contributed by atoms with Gasteiger partial charge in [-0.25, -0.2) is 13.1 Å². The van der Waals surface area contributed by atoms with Crippen LogP contribution in [0.4, 0.5) is 0 Å². The van der Waals surface area contributed by atoms with Gasteiger partial charge in [0.15, 0.2) is 0 Å². The summed E-state index contributed by atoms with van der Waals surface area (Å²) >= 11 is 4.92. The number of benzene rings is 2. The lowest BCUT2D eigenvalue weighted by atomic mass is 10.1. The lowest BCUT2D eigenvalue weighted by molar-refractivity contribution is 0.582. The van der Waals surface area contributed by atoms with Gasteiger partial charge in [-0.15, -0.1) is 11.3 Å². The first kappa shape index (κ1) is 14.7. The maximum Gasteiger partial charge on any atom is 0.241 e. The molecule has 0 atom stereocenters. The van der Waals surface area contributed by atoms with Gasteiger partial charge in [-0.05, 0) is 38.8 Å². The second kappa shape index (κ2) is 5.88. The molecule has 1 heterocycles. The van der Waals surface area contributed by atoms with Gasteiger partial charge in [0.05, 0.1) is 4.90 Å². The Morgan fingerprint density at radius 1 is 1.05 bits per heavy atom. The van der Waals surface area contributed by atoms with Crippen molar-refractivity contribution in [2.24, 2.45) is 0 Å². The second-order valence-electron chi connectivity index (χ2n) is 4.49. The van der Waals surface area contributed by atoms with Crippen molar-refractivity contribution in [2.75, 3.05) is 0 Å². The highest BCUT2D eigenvalue weighted by Crippen LogP contribution is 2.25. The molecule has 21 heavy (non-hydrogen) atoms. The Morgan fingerprint density at radius 3 is 2.57 bits per heavy atom. The lowest BCUT2D eigenvalue weighted by Crippen LogP contribution is -2.23. The van der Waals surface area contributed by atoms with E-state index in [-0.39, 0.29) is 6.54 Å². The van der Waals surface area contributed by atoms with E-state index in [2.05, 4.69) is 20.7 Å². The fourth-order valence-electron chi connectivity index (χ4n) is 2.12. The summed E-state index contributed by atoms with van der Waals surface area (Å²) in [5, 5.41) is 3.57. The first-order valence-corrected chi connectivity index (χ1v) is 9.43. The van der Waals surface area contributed by atoms with E-state index in [1.165, 1.54) is 11.3 Å². The van der Waals surface area contributed by atoms with Gasteiger partial charge >= 0.3 is 0 Å². The van der Waals surface area contributed by atoms with Crippen molar-refractivity contribution in [3.63, 3.8) is 0 Å². The van der Waals surface area contributed by atoms with E-state index in [1.54, 1.807) is 12.1 Å². The standard InChI is InChI=1S/C15H12BrNO2S2/c16-13-8-9-20-14(13)10-17-21(18,19)15-7-3-5-11-4-1-2-6-12(11)15/h1-9,17H,10H2. The molecule has 0 aliphatic heterocycles. The molecule has 0 saturated heterocycles. The minimum Gasteiger partial charge on any atom is -0.207 e. The highest BCUT2D eigenvalue weighted by Gasteiger charge is 2.17. The average Bonchev–Trinajstić information content (AvgIpc) is 2.90. The molecule has 0 amide bonds. The first-order chi connectivity index (χ1) is 10.1. The predicted octanol–water partition coefficient (Wildman–Crippen LogP) is 4.14. The molecule has 0 unspecified atom stereocenters. The van der Waals surface area contributed by atoms with Crippen molar-refractivity contribution in [1.82, 2.24) is 4.72 Å². The fraction of sp³-hybridized carbons (Fsp3) is 0.0667. The zero-order valence-corrected chi connectivity index (χ0v) is 14.1. The van der Waals surface area contributed by atoms with Crippen molar-refractivity contribution >= 4 is 48.1 Å². The number of fused-ring (bicyclic) bond motifs is 1. The van der Waals surface area contributed by atoms with Gasteiger partial charge in [0.1, 0.15) is 0 Å². The summed E-state index contributed by atoms with van der Waals surface area (Å²) < 4.78 is 28.6. The van der Waals surface area contributed by atoms with Gasteiger partial charge in [-0.2, -0.15) is 0 Å². The van der Waals surface area contributed by atoms with Gasteiger partial charge in [0.2, 0.25) is 10.0 Å². The molecule has 108 valence electrons. The number of hydrogen-bond donors (Lipinski definition) is 1. The van der Waals surface area contributed by atoms with Crippen LogP contribution in [0.2, 0.25) is 0 Å². The van der Waals surface area contributed by atoms with Crippen LogP contribution in [0.15, 0.2) is 63.3 Å². The third-order valence-corrected chi connectivity index (χ3v) is 6.54. The number of thiophene rings is 1. The van der Waals surface area contributed by atoms with Crippen LogP contribution in [0.25, 0.3) is 10.8 Å². The van der Waals surface area contributed by atoms with E-state index < -0.39 is 10.0 Å². The number of nitrogens with one attached hydrogen (secondary N) is 1. The molecule has 3 aromatic rings. The Morgan fingerprint density at radius 2 is 1.81 bits per heavy atom. The second-order valence-corrected chi connectivity index (χ2v) is 8.08. The summed E-state index contributed by atoms with van der Waals surface area (Å²) in [5.74, 6) is 0. The number of halogens is 1. The summed E-state index contributed by atoms with van der Waals surface area (Å²) in [7, 11) is -3.54. The van der Waals surface area contributed by atoms with E-state index in [0.717, 1.165) is 20.1 Å². The van der Waals surface area contributed by atoms with Crippen LogP contribution in [-0.4, -0.2) is 8.42 Å². The molecular weight excluding hydrogens is 370 g/mol. The SMILES string of the molecule is O=S(=O)(NCc1sccc1Br)c1cccc2ccccc12. The average molecular weight is 382 g/mol. The Bertz CT molecular complexity index is 882.